The first-order chi connectivity index (χ1) is 14.2. The molecule has 1 aliphatic heterocycles. The molecular weight excluding hydrogens is 404 g/mol. The number of fused-ring (bicyclic) bond motifs is 1. The minimum atomic E-state index is -3.62. The van der Waals surface area contributed by atoms with Crippen LogP contribution < -0.4 is 15.0 Å². The van der Waals surface area contributed by atoms with E-state index in [4.69, 9.17) is 4.74 Å². The number of ether oxygens (including phenoxy) is 1. The van der Waals surface area contributed by atoms with Gasteiger partial charge in [-0.05, 0) is 61.4 Å². The molecule has 8 heteroatoms. The number of methoxy groups -OCH3 is 1. The number of rotatable bonds is 7. The quantitative estimate of drug-likeness (QED) is 0.728. The van der Waals surface area contributed by atoms with Gasteiger partial charge < -0.3 is 15.0 Å². The van der Waals surface area contributed by atoms with Crippen LogP contribution in [-0.4, -0.2) is 39.1 Å². The molecule has 1 N–H and O–H groups in total. The molecule has 1 aliphatic rings. The zero-order valence-corrected chi connectivity index (χ0v) is 18.2. The minimum absolute atomic E-state index is 0.000628. The standard InChI is InChI=1S/C22H26N2O5S/c1-4-22(26)24-15(2)13-16-14-19(9-10-20(16)24)30(27,28)12-11-21(25)23-17-5-7-18(29-3)8-6-17/h5-10,14-15H,4,11-13H2,1-3H3,(H,23,25). The lowest BCUT2D eigenvalue weighted by Crippen LogP contribution is -2.35. The maximum atomic E-state index is 12.7. The third kappa shape index (κ3) is 4.64. The Morgan fingerprint density at radius 3 is 2.50 bits per heavy atom. The molecular formula is C22H26N2O5S. The average molecular weight is 431 g/mol. The number of benzene rings is 2. The van der Waals surface area contributed by atoms with E-state index in [1.807, 2.05) is 13.8 Å². The van der Waals surface area contributed by atoms with Gasteiger partial charge in [0.05, 0.1) is 17.8 Å². The summed E-state index contributed by atoms with van der Waals surface area (Å²) in [6, 6.07) is 11.6. The van der Waals surface area contributed by atoms with Gasteiger partial charge in [0.15, 0.2) is 9.84 Å². The fourth-order valence-corrected chi connectivity index (χ4v) is 4.88. The van der Waals surface area contributed by atoms with Crippen LogP contribution in [0.3, 0.4) is 0 Å². The molecule has 0 bridgehead atoms. The number of anilines is 2. The highest BCUT2D eigenvalue weighted by molar-refractivity contribution is 7.91. The zero-order chi connectivity index (χ0) is 21.9. The third-order valence-electron chi connectivity index (χ3n) is 5.17. The summed E-state index contributed by atoms with van der Waals surface area (Å²) in [5.74, 6) is 0.0204. The van der Waals surface area contributed by atoms with Gasteiger partial charge in [-0.25, -0.2) is 8.42 Å². The number of hydrogen-bond donors (Lipinski definition) is 1. The van der Waals surface area contributed by atoms with E-state index < -0.39 is 9.84 Å². The summed E-state index contributed by atoms with van der Waals surface area (Å²) in [5.41, 5.74) is 2.18. The van der Waals surface area contributed by atoms with Crippen molar-refractivity contribution in [3.8, 4) is 5.75 Å². The zero-order valence-electron chi connectivity index (χ0n) is 17.3. The molecule has 1 unspecified atom stereocenters. The summed E-state index contributed by atoms with van der Waals surface area (Å²) in [7, 11) is -2.07. The van der Waals surface area contributed by atoms with Gasteiger partial charge in [0.1, 0.15) is 5.75 Å². The van der Waals surface area contributed by atoms with Crippen LogP contribution in [0.5, 0.6) is 5.75 Å². The van der Waals surface area contributed by atoms with E-state index >= 15 is 0 Å². The van der Waals surface area contributed by atoms with Crippen molar-refractivity contribution < 1.29 is 22.7 Å². The van der Waals surface area contributed by atoms with Gasteiger partial charge in [-0.3, -0.25) is 9.59 Å². The average Bonchev–Trinajstić information content (AvgIpc) is 3.07. The van der Waals surface area contributed by atoms with Crippen molar-refractivity contribution in [3.05, 3.63) is 48.0 Å². The van der Waals surface area contributed by atoms with Crippen LogP contribution in [0, 0.1) is 0 Å². The molecule has 2 aromatic carbocycles. The van der Waals surface area contributed by atoms with Gasteiger partial charge >= 0.3 is 0 Å². The predicted molar refractivity (Wildman–Crippen MR) is 116 cm³/mol. The van der Waals surface area contributed by atoms with Crippen LogP contribution >= 0.6 is 0 Å². The Morgan fingerprint density at radius 2 is 1.87 bits per heavy atom. The molecule has 1 atom stereocenters. The van der Waals surface area contributed by atoms with Crippen molar-refractivity contribution in [3.63, 3.8) is 0 Å². The highest BCUT2D eigenvalue weighted by Gasteiger charge is 2.31. The lowest BCUT2D eigenvalue weighted by molar-refractivity contribution is -0.118. The Balaban J connectivity index is 1.66. The van der Waals surface area contributed by atoms with Crippen LogP contribution in [0.25, 0.3) is 0 Å². The summed E-state index contributed by atoms with van der Waals surface area (Å²) in [6.07, 6.45) is 0.859. The highest BCUT2D eigenvalue weighted by Crippen LogP contribution is 2.34. The Kier molecular flexibility index (Phi) is 6.45. The summed E-state index contributed by atoms with van der Waals surface area (Å²) in [6.45, 7) is 3.76. The largest absolute Gasteiger partial charge is 0.497 e. The number of amides is 2. The van der Waals surface area contributed by atoms with Crippen LogP contribution in [0.1, 0.15) is 32.3 Å². The maximum absolute atomic E-state index is 12.7. The molecule has 3 rings (SSSR count). The number of sulfone groups is 1. The molecule has 0 spiro atoms. The van der Waals surface area contributed by atoms with Crippen LogP contribution in [0.4, 0.5) is 11.4 Å². The van der Waals surface area contributed by atoms with E-state index in [1.165, 1.54) is 6.07 Å². The van der Waals surface area contributed by atoms with Crippen molar-refractivity contribution in [2.24, 2.45) is 0 Å². The first kappa shape index (κ1) is 21.8. The molecule has 0 saturated heterocycles. The molecule has 2 amide bonds. The number of carbonyl (C=O) groups is 2. The third-order valence-corrected chi connectivity index (χ3v) is 6.88. The van der Waals surface area contributed by atoms with Gasteiger partial charge in [-0.1, -0.05) is 6.92 Å². The lowest BCUT2D eigenvalue weighted by Gasteiger charge is -2.22. The molecule has 160 valence electrons. The summed E-state index contributed by atoms with van der Waals surface area (Å²) >= 11 is 0. The molecule has 30 heavy (non-hydrogen) atoms. The van der Waals surface area contributed by atoms with Crippen LogP contribution in [0.2, 0.25) is 0 Å². The number of nitrogens with one attached hydrogen (secondary N) is 1. The Morgan fingerprint density at radius 1 is 1.17 bits per heavy atom. The second-order valence-corrected chi connectivity index (χ2v) is 9.42. The van der Waals surface area contributed by atoms with Crippen molar-refractivity contribution in [1.29, 1.82) is 0 Å². The Hall–Kier alpha value is -2.87. The molecule has 0 saturated carbocycles. The molecule has 0 aromatic heterocycles. The van der Waals surface area contributed by atoms with Gasteiger partial charge in [0, 0.05) is 30.3 Å². The molecule has 0 radical (unpaired) electrons. The van der Waals surface area contributed by atoms with Gasteiger partial charge in [-0.2, -0.15) is 0 Å². The first-order valence-corrected chi connectivity index (χ1v) is 11.5. The predicted octanol–water partition coefficient (Wildman–Crippen LogP) is 3.19. The fourth-order valence-electron chi connectivity index (χ4n) is 3.59. The summed E-state index contributed by atoms with van der Waals surface area (Å²) in [5, 5.41) is 2.69. The SMILES string of the molecule is CCC(=O)N1c2ccc(S(=O)(=O)CCC(=O)Nc3ccc(OC)cc3)cc2CC1C. The summed E-state index contributed by atoms with van der Waals surface area (Å²) in [4.78, 5) is 26.3. The molecule has 2 aromatic rings. The van der Waals surface area contributed by atoms with E-state index in [1.54, 1.807) is 48.4 Å². The monoisotopic (exact) mass is 430 g/mol. The van der Waals surface area contributed by atoms with E-state index in [9.17, 15) is 18.0 Å². The van der Waals surface area contributed by atoms with Crippen LogP contribution in [0.15, 0.2) is 47.4 Å². The minimum Gasteiger partial charge on any atom is -0.497 e. The van der Waals surface area contributed by atoms with E-state index in [0.29, 0.717) is 24.3 Å². The molecule has 7 nitrogen and oxygen atoms in total. The van der Waals surface area contributed by atoms with E-state index in [-0.39, 0.29) is 34.9 Å². The highest BCUT2D eigenvalue weighted by atomic mass is 32.2. The Bertz CT molecular complexity index is 1050. The summed E-state index contributed by atoms with van der Waals surface area (Å²) < 4.78 is 30.6. The van der Waals surface area contributed by atoms with Crippen molar-refractivity contribution in [2.75, 3.05) is 23.1 Å². The van der Waals surface area contributed by atoms with Crippen molar-refractivity contribution >= 4 is 33.0 Å². The smallest absolute Gasteiger partial charge is 0.226 e. The van der Waals surface area contributed by atoms with Crippen molar-refractivity contribution in [1.82, 2.24) is 0 Å². The molecule has 1 heterocycles. The van der Waals surface area contributed by atoms with Crippen molar-refractivity contribution in [2.45, 2.75) is 44.0 Å². The number of hydrogen-bond acceptors (Lipinski definition) is 5. The maximum Gasteiger partial charge on any atom is 0.226 e. The van der Waals surface area contributed by atoms with Gasteiger partial charge in [0.25, 0.3) is 0 Å². The molecule has 0 fully saturated rings. The van der Waals surface area contributed by atoms with E-state index in [0.717, 1.165) is 11.3 Å². The number of carbonyl (C=O) groups excluding carboxylic acids is 2. The fraction of sp³-hybridized carbons (Fsp3) is 0.364. The Labute approximate surface area is 177 Å². The van der Waals surface area contributed by atoms with Crippen LogP contribution in [-0.2, 0) is 25.8 Å². The van der Waals surface area contributed by atoms with Gasteiger partial charge in [0.2, 0.25) is 11.8 Å². The second-order valence-electron chi connectivity index (χ2n) is 7.31. The normalized spacial score (nSPS) is 15.6. The second kappa shape index (κ2) is 8.87. The number of nitrogens with zero attached hydrogens (tertiary/aromatic N) is 1. The first-order valence-electron chi connectivity index (χ1n) is 9.86. The topological polar surface area (TPSA) is 92.8 Å². The lowest BCUT2D eigenvalue weighted by atomic mass is 10.1. The van der Waals surface area contributed by atoms with Gasteiger partial charge in [-0.15, -0.1) is 0 Å². The van der Waals surface area contributed by atoms with E-state index in [2.05, 4.69) is 5.32 Å². The molecule has 0 aliphatic carbocycles.